The van der Waals surface area contributed by atoms with Gasteiger partial charge in [-0.25, -0.2) is 13.2 Å². The summed E-state index contributed by atoms with van der Waals surface area (Å²) >= 11 is 3.41. The van der Waals surface area contributed by atoms with Crippen molar-refractivity contribution in [2.24, 2.45) is 0 Å². The van der Waals surface area contributed by atoms with Gasteiger partial charge in [-0.2, -0.15) is 5.10 Å². The fraction of sp³-hybridized carbons (Fsp3) is 0.308. The van der Waals surface area contributed by atoms with E-state index in [1.165, 1.54) is 6.07 Å². The van der Waals surface area contributed by atoms with Crippen molar-refractivity contribution in [3.63, 3.8) is 0 Å². The van der Waals surface area contributed by atoms with Gasteiger partial charge in [-0.3, -0.25) is 4.68 Å². The number of anilines is 1. The number of halogens is 4. The van der Waals surface area contributed by atoms with E-state index in [1.54, 1.807) is 4.68 Å². The van der Waals surface area contributed by atoms with Crippen molar-refractivity contribution in [1.29, 1.82) is 0 Å². The molecular formula is C13H13BrF3N3. The van der Waals surface area contributed by atoms with Gasteiger partial charge in [0.25, 0.3) is 0 Å². The van der Waals surface area contributed by atoms with E-state index < -0.39 is 17.5 Å². The zero-order valence-corrected chi connectivity index (χ0v) is 12.6. The molecule has 0 aliphatic carbocycles. The summed E-state index contributed by atoms with van der Waals surface area (Å²) in [6.07, 6.45) is 0. The Balaban J connectivity index is 2.23. The lowest BCUT2D eigenvalue weighted by Gasteiger charge is -2.10. The van der Waals surface area contributed by atoms with Gasteiger partial charge in [0, 0.05) is 6.54 Å². The average molecular weight is 348 g/mol. The molecule has 0 bridgehead atoms. The predicted molar refractivity (Wildman–Crippen MR) is 74.0 cm³/mol. The summed E-state index contributed by atoms with van der Waals surface area (Å²) in [5.41, 5.74) is 1.54. The third-order valence-corrected chi connectivity index (χ3v) is 3.97. The predicted octanol–water partition coefficient (Wildman–Crippen LogP) is 4.00. The second-order valence-corrected chi connectivity index (χ2v) is 5.03. The molecule has 0 spiro atoms. The summed E-state index contributed by atoms with van der Waals surface area (Å²) in [5, 5.41) is 7.05. The fourth-order valence-corrected chi connectivity index (χ4v) is 2.30. The Bertz CT molecular complexity index is 640. The van der Waals surface area contributed by atoms with Crippen molar-refractivity contribution < 1.29 is 13.2 Å². The van der Waals surface area contributed by atoms with Gasteiger partial charge in [0.05, 0.1) is 28.1 Å². The molecule has 0 saturated carbocycles. The second kappa shape index (κ2) is 5.87. The van der Waals surface area contributed by atoms with E-state index in [2.05, 4.69) is 26.3 Å². The van der Waals surface area contributed by atoms with Crippen molar-refractivity contribution >= 4 is 21.6 Å². The monoisotopic (exact) mass is 347 g/mol. The molecule has 0 saturated heterocycles. The molecule has 0 aliphatic heterocycles. The lowest BCUT2D eigenvalue weighted by atomic mass is 10.2. The molecule has 0 atom stereocenters. The van der Waals surface area contributed by atoms with Gasteiger partial charge < -0.3 is 5.32 Å². The van der Waals surface area contributed by atoms with E-state index in [9.17, 15) is 13.2 Å². The number of hydrogen-bond acceptors (Lipinski definition) is 2. The minimum absolute atomic E-state index is 0.0858. The summed E-state index contributed by atoms with van der Waals surface area (Å²) in [7, 11) is 0. The van der Waals surface area contributed by atoms with E-state index in [1.807, 2.05) is 13.8 Å². The molecule has 1 heterocycles. The topological polar surface area (TPSA) is 29.9 Å². The van der Waals surface area contributed by atoms with Crippen molar-refractivity contribution in [3.05, 3.63) is 45.4 Å². The van der Waals surface area contributed by atoms with Crippen LogP contribution in [-0.4, -0.2) is 9.78 Å². The normalized spacial score (nSPS) is 10.9. The quantitative estimate of drug-likeness (QED) is 0.847. The second-order valence-electron chi connectivity index (χ2n) is 4.24. The molecule has 0 fully saturated rings. The van der Waals surface area contributed by atoms with Gasteiger partial charge in [-0.05, 0) is 41.9 Å². The highest BCUT2D eigenvalue weighted by Gasteiger charge is 2.15. The van der Waals surface area contributed by atoms with Gasteiger partial charge >= 0.3 is 0 Å². The van der Waals surface area contributed by atoms with Crippen molar-refractivity contribution in [1.82, 2.24) is 9.78 Å². The molecule has 0 radical (unpaired) electrons. The molecule has 0 amide bonds. The smallest absolute Gasteiger partial charge is 0.196 e. The van der Waals surface area contributed by atoms with Crippen LogP contribution < -0.4 is 5.32 Å². The van der Waals surface area contributed by atoms with Crippen LogP contribution >= 0.6 is 15.9 Å². The molecule has 7 heteroatoms. The first kappa shape index (κ1) is 14.9. The van der Waals surface area contributed by atoms with Crippen LogP contribution in [0.15, 0.2) is 16.6 Å². The third kappa shape index (κ3) is 2.67. The van der Waals surface area contributed by atoms with Crippen molar-refractivity contribution in [2.45, 2.75) is 26.9 Å². The van der Waals surface area contributed by atoms with Crippen LogP contribution in [0.2, 0.25) is 0 Å². The van der Waals surface area contributed by atoms with E-state index in [0.29, 0.717) is 6.54 Å². The molecule has 108 valence electrons. The van der Waals surface area contributed by atoms with E-state index >= 15 is 0 Å². The molecule has 0 aliphatic rings. The number of nitrogens with one attached hydrogen (secondary N) is 1. The van der Waals surface area contributed by atoms with Gasteiger partial charge in [-0.15, -0.1) is 0 Å². The molecule has 0 unspecified atom stereocenters. The first-order chi connectivity index (χ1) is 9.45. The lowest BCUT2D eigenvalue weighted by Crippen LogP contribution is -2.10. The van der Waals surface area contributed by atoms with E-state index in [-0.39, 0.29) is 12.2 Å². The largest absolute Gasteiger partial charge is 0.377 e. The number of rotatable bonds is 4. The van der Waals surface area contributed by atoms with Crippen molar-refractivity contribution in [2.75, 3.05) is 5.32 Å². The minimum Gasteiger partial charge on any atom is -0.377 e. The number of benzene rings is 1. The first-order valence-electron chi connectivity index (χ1n) is 6.04. The summed E-state index contributed by atoms with van der Waals surface area (Å²) in [4.78, 5) is 0. The van der Waals surface area contributed by atoms with E-state index in [4.69, 9.17) is 0 Å². The van der Waals surface area contributed by atoms with Crippen LogP contribution in [0.3, 0.4) is 0 Å². The summed E-state index contributed by atoms with van der Waals surface area (Å²) in [6.45, 7) is 4.68. The number of nitrogens with zero attached hydrogens (tertiary/aromatic N) is 2. The van der Waals surface area contributed by atoms with Gasteiger partial charge in [0.2, 0.25) is 0 Å². The number of aromatic nitrogens is 2. The average Bonchev–Trinajstić information content (AvgIpc) is 2.71. The first-order valence-corrected chi connectivity index (χ1v) is 6.84. The van der Waals surface area contributed by atoms with Crippen LogP contribution in [0.25, 0.3) is 0 Å². The lowest BCUT2D eigenvalue weighted by molar-refractivity contribution is 0.449. The fourth-order valence-electron chi connectivity index (χ4n) is 1.88. The number of hydrogen-bond donors (Lipinski definition) is 1. The Morgan fingerprint density at radius 2 is 1.95 bits per heavy atom. The maximum atomic E-state index is 13.5. The zero-order chi connectivity index (χ0) is 14.9. The van der Waals surface area contributed by atoms with Gasteiger partial charge in [0.15, 0.2) is 17.5 Å². The van der Waals surface area contributed by atoms with Crippen LogP contribution in [0.1, 0.15) is 18.3 Å². The minimum atomic E-state index is -1.48. The summed E-state index contributed by atoms with van der Waals surface area (Å²) in [5.74, 6) is -3.90. The number of aryl methyl sites for hydroxylation is 2. The molecule has 1 aromatic carbocycles. The highest BCUT2D eigenvalue weighted by Crippen LogP contribution is 2.24. The van der Waals surface area contributed by atoms with Crippen molar-refractivity contribution in [3.8, 4) is 0 Å². The molecular weight excluding hydrogens is 335 g/mol. The molecule has 1 aromatic heterocycles. The summed E-state index contributed by atoms with van der Waals surface area (Å²) in [6, 6.07) is 2.05. The van der Waals surface area contributed by atoms with Crippen LogP contribution in [0, 0.1) is 24.4 Å². The van der Waals surface area contributed by atoms with Crippen LogP contribution in [0.5, 0.6) is 0 Å². The maximum absolute atomic E-state index is 13.5. The van der Waals surface area contributed by atoms with Crippen LogP contribution in [0.4, 0.5) is 18.9 Å². The van der Waals surface area contributed by atoms with Gasteiger partial charge in [-0.1, -0.05) is 0 Å². The highest BCUT2D eigenvalue weighted by molar-refractivity contribution is 9.10. The molecule has 20 heavy (non-hydrogen) atoms. The Morgan fingerprint density at radius 1 is 1.25 bits per heavy atom. The van der Waals surface area contributed by atoms with Gasteiger partial charge in [0.1, 0.15) is 0 Å². The Labute approximate surface area is 122 Å². The molecule has 3 nitrogen and oxygen atoms in total. The molecule has 2 rings (SSSR count). The maximum Gasteiger partial charge on any atom is 0.196 e. The Hall–Kier alpha value is -1.50. The standard InChI is InChI=1S/C13H13BrF3N3/c1-3-20-10(11(14)7(2)19-20)6-18-9-5-4-8(15)12(16)13(9)17/h4-5,18H,3,6H2,1-2H3. The molecule has 2 aromatic rings. The summed E-state index contributed by atoms with van der Waals surface area (Å²) < 4.78 is 42.1. The SMILES string of the molecule is CCn1nc(C)c(Br)c1CNc1ccc(F)c(F)c1F. The Morgan fingerprint density at radius 3 is 2.60 bits per heavy atom. The highest BCUT2D eigenvalue weighted by atomic mass is 79.9. The Kier molecular flexibility index (Phi) is 4.37. The van der Waals surface area contributed by atoms with E-state index in [0.717, 1.165) is 21.9 Å². The third-order valence-electron chi connectivity index (χ3n) is 2.93. The molecule has 1 N–H and O–H groups in total. The zero-order valence-electron chi connectivity index (χ0n) is 11.0. The van der Waals surface area contributed by atoms with Crippen LogP contribution in [-0.2, 0) is 13.1 Å².